The molecule has 1 aliphatic carbocycles. The third-order valence-electron chi connectivity index (χ3n) is 5.51. The molecule has 0 unspecified atom stereocenters. The van der Waals surface area contributed by atoms with Gasteiger partial charge in [0.25, 0.3) is 0 Å². The van der Waals surface area contributed by atoms with Crippen molar-refractivity contribution < 1.29 is 4.79 Å². The van der Waals surface area contributed by atoms with Crippen molar-refractivity contribution in [2.24, 2.45) is 0 Å². The van der Waals surface area contributed by atoms with Gasteiger partial charge in [0.1, 0.15) is 0 Å². The number of hydrogen-bond donors (Lipinski definition) is 1. The molecular weight excluding hydrogens is 370 g/mol. The third kappa shape index (κ3) is 3.97. The Labute approximate surface area is 170 Å². The van der Waals surface area contributed by atoms with E-state index in [1.165, 1.54) is 0 Å². The number of nitrogens with one attached hydrogen (secondary N) is 1. The van der Waals surface area contributed by atoms with E-state index in [0.717, 1.165) is 46.7 Å². The maximum atomic E-state index is 11.7. The lowest BCUT2D eigenvalue weighted by molar-refractivity contribution is -0.121. The van der Waals surface area contributed by atoms with Crippen LogP contribution in [0.3, 0.4) is 0 Å². The summed E-state index contributed by atoms with van der Waals surface area (Å²) in [6, 6.07) is 17.1. The average molecular weight is 394 g/mol. The molecule has 1 saturated carbocycles. The summed E-state index contributed by atoms with van der Waals surface area (Å²) in [4.78, 5) is 16.1. The third-order valence-corrected chi connectivity index (χ3v) is 5.76. The maximum Gasteiger partial charge on any atom is 0.219 e. The van der Waals surface area contributed by atoms with Gasteiger partial charge in [0.05, 0.1) is 18.2 Å². The van der Waals surface area contributed by atoms with E-state index >= 15 is 0 Å². The molecule has 1 heterocycles. The van der Waals surface area contributed by atoms with Crippen LogP contribution >= 0.6 is 11.6 Å². The Morgan fingerprint density at radius 2 is 1.71 bits per heavy atom. The first-order valence-electron chi connectivity index (χ1n) is 9.81. The maximum absolute atomic E-state index is 11.7. The van der Waals surface area contributed by atoms with E-state index in [1.54, 1.807) is 0 Å². The number of amides is 1. The van der Waals surface area contributed by atoms with Gasteiger partial charge in [-0.3, -0.25) is 4.79 Å². The van der Waals surface area contributed by atoms with Crippen LogP contribution in [0, 0.1) is 0 Å². The largest absolute Gasteiger partial charge is 0.353 e. The Morgan fingerprint density at radius 1 is 1.07 bits per heavy atom. The molecular formula is C23H24ClN3O. The van der Waals surface area contributed by atoms with Crippen molar-refractivity contribution in [3.05, 3.63) is 66.1 Å². The van der Waals surface area contributed by atoms with Gasteiger partial charge in [0.2, 0.25) is 5.91 Å². The highest BCUT2D eigenvalue weighted by Gasteiger charge is 2.28. The number of nitrogens with zero attached hydrogens (tertiary/aromatic N) is 2. The summed E-state index contributed by atoms with van der Waals surface area (Å²) in [6.45, 7) is 1.89. The summed E-state index contributed by atoms with van der Waals surface area (Å²) in [5, 5.41) is 3.87. The molecule has 4 nitrogen and oxygen atoms in total. The van der Waals surface area contributed by atoms with Crippen molar-refractivity contribution in [3.63, 3.8) is 0 Å². The second-order valence-corrected chi connectivity index (χ2v) is 7.79. The number of rotatable bonds is 5. The van der Waals surface area contributed by atoms with Crippen LogP contribution in [-0.2, 0) is 4.79 Å². The van der Waals surface area contributed by atoms with Gasteiger partial charge < -0.3 is 9.88 Å². The lowest BCUT2D eigenvalue weighted by Crippen LogP contribution is -2.32. The number of hydrogen-bond acceptors (Lipinski definition) is 2. The topological polar surface area (TPSA) is 46.9 Å². The quantitative estimate of drug-likeness (QED) is 0.623. The van der Waals surface area contributed by atoms with Gasteiger partial charge in [0, 0.05) is 23.5 Å². The minimum atomic E-state index is 0.134. The number of aromatic nitrogens is 2. The van der Waals surface area contributed by atoms with Gasteiger partial charge in [-0.05, 0) is 48.1 Å². The summed E-state index contributed by atoms with van der Waals surface area (Å²) in [5.41, 5.74) is 4.58. The van der Waals surface area contributed by atoms with Crippen LogP contribution in [0.2, 0.25) is 5.02 Å². The molecule has 1 N–H and O–H groups in total. The highest BCUT2D eigenvalue weighted by Crippen LogP contribution is 2.34. The van der Waals surface area contributed by atoms with Gasteiger partial charge >= 0.3 is 0 Å². The lowest BCUT2D eigenvalue weighted by Gasteiger charge is -2.17. The monoisotopic (exact) mass is 393 g/mol. The van der Waals surface area contributed by atoms with Crippen LogP contribution in [0.4, 0.5) is 0 Å². The highest BCUT2D eigenvalue weighted by molar-refractivity contribution is 6.30. The molecule has 28 heavy (non-hydrogen) atoms. The fourth-order valence-corrected chi connectivity index (χ4v) is 4.09. The van der Waals surface area contributed by atoms with Crippen molar-refractivity contribution in [3.8, 4) is 22.4 Å². The van der Waals surface area contributed by atoms with Crippen LogP contribution in [0.1, 0.15) is 38.6 Å². The first kappa shape index (κ1) is 18.8. The smallest absolute Gasteiger partial charge is 0.219 e. The zero-order valence-electron chi connectivity index (χ0n) is 15.9. The van der Waals surface area contributed by atoms with E-state index in [4.69, 9.17) is 11.6 Å². The van der Waals surface area contributed by atoms with Gasteiger partial charge in [-0.2, -0.15) is 0 Å². The number of imidazole rings is 1. The Balaban J connectivity index is 1.51. The summed E-state index contributed by atoms with van der Waals surface area (Å²) >= 11 is 5.98. The Bertz CT molecular complexity index is 947. The van der Waals surface area contributed by atoms with Crippen molar-refractivity contribution >= 4 is 17.5 Å². The second-order valence-electron chi connectivity index (χ2n) is 7.36. The molecule has 0 spiro atoms. The molecule has 1 aliphatic rings. The zero-order chi connectivity index (χ0) is 19.5. The molecule has 1 amide bonds. The molecule has 0 aliphatic heterocycles. The molecule has 4 rings (SSSR count). The standard InChI is InChI=1S/C23H24ClN3O/c1-2-23(28)26-20-11-12-21(13-20)27-15-25-14-22(27)18-5-3-16(4-6-18)17-7-9-19(24)10-8-17/h3-10,14-15,20-21H,2,11-13H2,1H3,(H,26,28)/t20-,21+/m0/s1. The lowest BCUT2D eigenvalue weighted by atomic mass is 10.0. The van der Waals surface area contributed by atoms with Crippen molar-refractivity contribution in [1.82, 2.24) is 14.9 Å². The summed E-state index contributed by atoms with van der Waals surface area (Å²) < 4.78 is 2.26. The number of carbonyl (C=O) groups is 1. The van der Waals surface area contributed by atoms with E-state index in [9.17, 15) is 4.79 Å². The number of carbonyl (C=O) groups excluding carboxylic acids is 1. The predicted molar refractivity (Wildman–Crippen MR) is 113 cm³/mol. The fourth-order valence-electron chi connectivity index (χ4n) is 3.97. The molecule has 144 valence electrons. The van der Waals surface area contributed by atoms with Gasteiger partial charge in [-0.25, -0.2) is 4.98 Å². The minimum absolute atomic E-state index is 0.134. The van der Waals surface area contributed by atoms with E-state index in [2.05, 4.69) is 39.1 Å². The van der Waals surface area contributed by atoms with Crippen LogP contribution in [0.25, 0.3) is 22.4 Å². The van der Waals surface area contributed by atoms with E-state index in [0.29, 0.717) is 12.5 Å². The molecule has 2 atom stereocenters. The molecule has 0 radical (unpaired) electrons. The fraction of sp³-hybridized carbons (Fsp3) is 0.304. The molecule has 2 aromatic carbocycles. The van der Waals surface area contributed by atoms with Crippen molar-refractivity contribution in [2.45, 2.75) is 44.7 Å². The summed E-state index contributed by atoms with van der Waals surface area (Å²) in [6.07, 6.45) is 7.41. The average Bonchev–Trinajstić information content (AvgIpc) is 3.38. The van der Waals surface area contributed by atoms with Gasteiger partial charge in [-0.15, -0.1) is 0 Å². The Kier molecular flexibility index (Phi) is 5.49. The molecule has 3 aromatic rings. The summed E-state index contributed by atoms with van der Waals surface area (Å²) in [5.74, 6) is 0.134. The highest BCUT2D eigenvalue weighted by atomic mass is 35.5. The predicted octanol–water partition coefficient (Wildman–Crippen LogP) is 5.49. The first-order valence-corrected chi connectivity index (χ1v) is 10.2. The minimum Gasteiger partial charge on any atom is -0.353 e. The van der Waals surface area contributed by atoms with Crippen LogP contribution in [0.5, 0.6) is 0 Å². The molecule has 5 heteroatoms. The number of halogens is 1. The Morgan fingerprint density at radius 3 is 2.39 bits per heavy atom. The van der Waals surface area contributed by atoms with Crippen LogP contribution < -0.4 is 5.32 Å². The van der Waals surface area contributed by atoms with E-state index < -0.39 is 0 Å². The second kappa shape index (κ2) is 8.19. The SMILES string of the molecule is CCC(=O)N[C@H]1CC[C@@H](n2cncc2-c2ccc(-c3ccc(Cl)cc3)cc2)C1. The van der Waals surface area contributed by atoms with Crippen LogP contribution in [-0.4, -0.2) is 21.5 Å². The number of benzene rings is 2. The first-order chi connectivity index (χ1) is 13.6. The Hall–Kier alpha value is -2.59. The normalized spacial score (nSPS) is 18.9. The van der Waals surface area contributed by atoms with Crippen molar-refractivity contribution in [2.75, 3.05) is 0 Å². The van der Waals surface area contributed by atoms with E-state index in [-0.39, 0.29) is 11.9 Å². The van der Waals surface area contributed by atoms with Gasteiger partial charge in [-0.1, -0.05) is 54.9 Å². The molecule has 0 saturated heterocycles. The zero-order valence-corrected chi connectivity index (χ0v) is 16.7. The van der Waals surface area contributed by atoms with E-state index in [1.807, 2.05) is 43.7 Å². The van der Waals surface area contributed by atoms with Crippen molar-refractivity contribution in [1.29, 1.82) is 0 Å². The molecule has 0 bridgehead atoms. The molecule has 1 aromatic heterocycles. The van der Waals surface area contributed by atoms with Gasteiger partial charge in [0.15, 0.2) is 0 Å². The molecule has 1 fully saturated rings. The van der Waals surface area contributed by atoms with Crippen LogP contribution in [0.15, 0.2) is 61.1 Å². The summed E-state index contributed by atoms with van der Waals surface area (Å²) in [7, 11) is 0.